The van der Waals surface area contributed by atoms with Gasteiger partial charge in [-0.1, -0.05) is 0 Å². The molecule has 2 fully saturated rings. The molecule has 0 radical (unpaired) electrons. The lowest BCUT2D eigenvalue weighted by Crippen LogP contribution is -2.46. The molecule has 0 aromatic rings. The summed E-state index contributed by atoms with van der Waals surface area (Å²) in [5, 5.41) is 0. The molecule has 2 aliphatic rings. The Bertz CT molecular complexity index is 415. The number of piperidine rings is 1. The molecule has 0 aromatic heterocycles. The van der Waals surface area contributed by atoms with Crippen LogP contribution in [0.15, 0.2) is 0 Å². The molecule has 20 heavy (non-hydrogen) atoms. The Morgan fingerprint density at radius 1 is 1.40 bits per heavy atom. The van der Waals surface area contributed by atoms with Crippen LogP contribution in [-0.4, -0.2) is 50.8 Å². The minimum Gasteiger partial charge on any atom is -0.378 e. The third kappa shape index (κ3) is 3.93. The van der Waals surface area contributed by atoms with Crippen molar-refractivity contribution in [1.29, 1.82) is 0 Å². The lowest BCUT2D eigenvalue weighted by molar-refractivity contribution is -0.0826. The summed E-state index contributed by atoms with van der Waals surface area (Å²) in [7, 11) is -1.28. The first-order chi connectivity index (χ1) is 9.35. The third-order valence-corrected chi connectivity index (χ3v) is 6.19. The van der Waals surface area contributed by atoms with Crippen molar-refractivity contribution in [1.82, 2.24) is 4.31 Å². The summed E-state index contributed by atoms with van der Waals surface area (Å²) in [6.45, 7) is 1.29. The van der Waals surface area contributed by atoms with Crippen LogP contribution in [0.25, 0.3) is 0 Å². The normalized spacial score (nSPS) is 28.9. The average molecular weight is 304 g/mol. The van der Waals surface area contributed by atoms with Gasteiger partial charge in [-0.05, 0) is 50.9 Å². The highest BCUT2D eigenvalue weighted by Gasteiger charge is 2.39. The molecule has 1 heterocycles. The fraction of sp³-hybridized carbons (Fsp3) is 1.00. The molecule has 5 nitrogen and oxygen atoms in total. The Kier molecular flexibility index (Phi) is 5.10. The first-order valence-electron chi connectivity index (χ1n) is 7.60. The van der Waals surface area contributed by atoms with E-state index in [-0.39, 0.29) is 11.6 Å². The first-order valence-corrected chi connectivity index (χ1v) is 9.45. The molecule has 1 aliphatic carbocycles. The Hall–Kier alpha value is -0.170. The molecule has 1 saturated carbocycles. The zero-order valence-corrected chi connectivity index (χ0v) is 13.5. The third-order valence-electron chi connectivity index (χ3n) is 4.92. The zero-order chi connectivity index (χ0) is 14.8. The Morgan fingerprint density at radius 2 is 2.10 bits per heavy atom. The number of hydrogen-bond acceptors (Lipinski definition) is 4. The summed E-state index contributed by atoms with van der Waals surface area (Å²) < 4.78 is 30.5. The minimum absolute atomic E-state index is 0.00457. The van der Waals surface area contributed by atoms with Crippen molar-refractivity contribution >= 4 is 10.0 Å². The van der Waals surface area contributed by atoms with E-state index in [1.54, 1.807) is 11.4 Å². The molecule has 2 N–H and O–H groups in total. The zero-order valence-electron chi connectivity index (χ0n) is 12.7. The average Bonchev–Trinajstić information content (AvgIpc) is 2.33. The van der Waals surface area contributed by atoms with Gasteiger partial charge < -0.3 is 10.5 Å². The van der Waals surface area contributed by atoms with Crippen molar-refractivity contribution in [2.45, 2.75) is 56.6 Å². The molecular formula is C14H28N2O3S. The fourth-order valence-electron chi connectivity index (χ4n) is 3.57. The number of hydrogen-bond donors (Lipinski definition) is 1. The number of nitrogens with zero attached hydrogens (tertiary/aromatic N) is 1. The van der Waals surface area contributed by atoms with Crippen LogP contribution < -0.4 is 5.73 Å². The van der Waals surface area contributed by atoms with Gasteiger partial charge in [-0.2, -0.15) is 0 Å². The summed E-state index contributed by atoms with van der Waals surface area (Å²) >= 11 is 0. The SMILES string of the molecule is COC1(CC(N)CC2CCCN(S(C)(=O)=O)C2)CCC1. The summed E-state index contributed by atoms with van der Waals surface area (Å²) in [6, 6.07) is 0.111. The van der Waals surface area contributed by atoms with Crippen LogP contribution in [-0.2, 0) is 14.8 Å². The fourth-order valence-corrected chi connectivity index (χ4v) is 4.51. The van der Waals surface area contributed by atoms with Crippen molar-refractivity contribution in [2.24, 2.45) is 11.7 Å². The van der Waals surface area contributed by atoms with Gasteiger partial charge >= 0.3 is 0 Å². The quantitative estimate of drug-likeness (QED) is 0.803. The maximum absolute atomic E-state index is 11.6. The molecule has 0 aromatic carbocycles. The van der Waals surface area contributed by atoms with Crippen LogP contribution in [0.1, 0.15) is 44.9 Å². The second-order valence-electron chi connectivity index (χ2n) is 6.57. The van der Waals surface area contributed by atoms with Crippen molar-refractivity contribution < 1.29 is 13.2 Å². The van der Waals surface area contributed by atoms with Gasteiger partial charge in [0.15, 0.2) is 0 Å². The molecule has 6 heteroatoms. The predicted octanol–water partition coefficient (Wildman–Crippen LogP) is 1.33. The monoisotopic (exact) mass is 304 g/mol. The van der Waals surface area contributed by atoms with Crippen molar-refractivity contribution in [3.63, 3.8) is 0 Å². The van der Waals surface area contributed by atoms with Crippen LogP contribution >= 0.6 is 0 Å². The number of sulfonamides is 1. The van der Waals surface area contributed by atoms with Gasteiger partial charge in [0.2, 0.25) is 10.0 Å². The van der Waals surface area contributed by atoms with Gasteiger partial charge in [-0.15, -0.1) is 0 Å². The van der Waals surface area contributed by atoms with E-state index in [2.05, 4.69) is 0 Å². The van der Waals surface area contributed by atoms with Crippen LogP contribution in [0, 0.1) is 5.92 Å². The summed E-state index contributed by atoms with van der Waals surface area (Å²) in [5.41, 5.74) is 6.29. The predicted molar refractivity (Wildman–Crippen MR) is 79.9 cm³/mol. The molecule has 118 valence electrons. The van der Waals surface area contributed by atoms with Crippen molar-refractivity contribution in [3.05, 3.63) is 0 Å². The Morgan fingerprint density at radius 3 is 2.60 bits per heavy atom. The van der Waals surface area contributed by atoms with Crippen molar-refractivity contribution in [3.8, 4) is 0 Å². The van der Waals surface area contributed by atoms with Gasteiger partial charge in [0.25, 0.3) is 0 Å². The van der Waals surface area contributed by atoms with Crippen LogP contribution in [0.5, 0.6) is 0 Å². The van der Waals surface area contributed by atoms with E-state index >= 15 is 0 Å². The van der Waals surface area contributed by atoms with E-state index in [0.717, 1.165) is 38.5 Å². The van der Waals surface area contributed by atoms with Crippen LogP contribution in [0.2, 0.25) is 0 Å². The molecular weight excluding hydrogens is 276 g/mol. The molecule has 2 atom stereocenters. The van der Waals surface area contributed by atoms with Crippen molar-refractivity contribution in [2.75, 3.05) is 26.5 Å². The summed E-state index contributed by atoms with van der Waals surface area (Å²) in [6.07, 6.45) is 8.57. The van der Waals surface area contributed by atoms with Crippen LogP contribution in [0.4, 0.5) is 0 Å². The van der Waals surface area contributed by atoms with Crippen LogP contribution in [0.3, 0.4) is 0 Å². The number of methoxy groups -OCH3 is 1. The van der Waals surface area contributed by atoms with Gasteiger partial charge in [0.1, 0.15) is 0 Å². The number of ether oxygens (including phenoxy) is 1. The second kappa shape index (κ2) is 6.30. The van der Waals surface area contributed by atoms with E-state index in [1.807, 2.05) is 0 Å². The maximum Gasteiger partial charge on any atom is 0.211 e. The molecule has 0 bridgehead atoms. The Labute approximate surface area is 122 Å². The molecule has 2 unspecified atom stereocenters. The topological polar surface area (TPSA) is 72.6 Å². The van der Waals surface area contributed by atoms with E-state index in [9.17, 15) is 8.42 Å². The second-order valence-corrected chi connectivity index (χ2v) is 8.55. The van der Waals surface area contributed by atoms with E-state index in [1.165, 1.54) is 12.7 Å². The minimum atomic E-state index is -3.06. The maximum atomic E-state index is 11.6. The number of rotatable bonds is 6. The smallest absolute Gasteiger partial charge is 0.211 e. The molecule has 0 amide bonds. The molecule has 1 saturated heterocycles. The molecule has 0 spiro atoms. The standard InChI is InChI=1S/C14H28N2O3S/c1-19-14(6-4-7-14)10-13(15)9-12-5-3-8-16(11-12)20(2,17)18/h12-13H,3-11,15H2,1-2H3. The van der Waals surface area contributed by atoms with Gasteiger partial charge in [-0.25, -0.2) is 12.7 Å². The van der Waals surface area contributed by atoms with Gasteiger partial charge in [-0.3, -0.25) is 0 Å². The lowest BCUT2D eigenvalue weighted by atomic mass is 9.74. The highest BCUT2D eigenvalue weighted by Crippen LogP contribution is 2.39. The number of nitrogens with two attached hydrogens (primary N) is 1. The van der Waals surface area contributed by atoms with E-state index < -0.39 is 10.0 Å². The summed E-state index contributed by atoms with van der Waals surface area (Å²) in [4.78, 5) is 0. The largest absolute Gasteiger partial charge is 0.378 e. The van der Waals surface area contributed by atoms with Gasteiger partial charge in [0.05, 0.1) is 11.9 Å². The lowest BCUT2D eigenvalue weighted by Gasteiger charge is -2.43. The van der Waals surface area contributed by atoms with E-state index in [4.69, 9.17) is 10.5 Å². The Balaban J connectivity index is 1.83. The van der Waals surface area contributed by atoms with E-state index in [0.29, 0.717) is 19.0 Å². The summed E-state index contributed by atoms with van der Waals surface area (Å²) in [5.74, 6) is 0.391. The molecule has 2 rings (SSSR count). The highest BCUT2D eigenvalue weighted by atomic mass is 32.2. The van der Waals surface area contributed by atoms with Gasteiger partial charge in [0, 0.05) is 26.2 Å². The molecule has 1 aliphatic heterocycles. The first kappa shape index (κ1) is 16.2. The highest BCUT2D eigenvalue weighted by molar-refractivity contribution is 7.88.